The van der Waals surface area contributed by atoms with Gasteiger partial charge in [0, 0.05) is 0 Å². The maximum Gasteiger partial charge on any atom is 0.267 e. The van der Waals surface area contributed by atoms with Crippen LogP contribution in [0.15, 0.2) is 40.6 Å². The summed E-state index contributed by atoms with van der Waals surface area (Å²) in [6.45, 7) is 1.82. The average Bonchev–Trinajstić information content (AvgIpc) is 3.17. The largest absolute Gasteiger partial charge is 0.495 e. The fourth-order valence-corrected chi connectivity index (χ4v) is 4.95. The molecule has 0 bridgehead atoms. The minimum atomic E-state index is -3.80. The third-order valence-corrected chi connectivity index (χ3v) is 6.35. The Morgan fingerprint density at radius 3 is 2.74 bits per heavy atom. The first-order valence-corrected chi connectivity index (χ1v) is 9.72. The first-order valence-electron chi connectivity index (χ1n) is 6.54. The Morgan fingerprint density at radius 2 is 2.04 bits per heavy atom. The molecule has 6 nitrogen and oxygen atoms in total. The van der Waals surface area contributed by atoms with Gasteiger partial charge in [0.25, 0.3) is 10.0 Å². The minimum absolute atomic E-state index is 0.0767. The molecule has 3 rings (SSSR count). The van der Waals surface area contributed by atoms with Crippen molar-refractivity contribution < 1.29 is 13.2 Å². The molecule has 1 aromatic carbocycles. The predicted molar refractivity (Wildman–Crippen MR) is 91.8 cm³/mol. The zero-order valence-corrected chi connectivity index (χ0v) is 14.8. The first kappa shape index (κ1) is 15.9. The van der Waals surface area contributed by atoms with Gasteiger partial charge in [-0.15, -0.1) is 21.5 Å². The highest BCUT2D eigenvalue weighted by atomic mass is 32.2. The molecular weight excluding hydrogens is 354 g/mol. The molecule has 3 aromatic rings. The average molecular weight is 367 g/mol. The van der Waals surface area contributed by atoms with E-state index in [1.807, 2.05) is 24.4 Å². The van der Waals surface area contributed by atoms with Crippen LogP contribution in [0.25, 0.3) is 9.88 Å². The quantitative estimate of drug-likeness (QED) is 0.747. The molecule has 0 unspecified atom stereocenters. The van der Waals surface area contributed by atoms with E-state index in [2.05, 4.69) is 14.9 Å². The molecule has 1 N–H and O–H groups in total. The maximum absolute atomic E-state index is 12.6. The zero-order valence-electron chi connectivity index (χ0n) is 12.3. The fraction of sp³-hybridized carbons (Fsp3) is 0.143. The van der Waals surface area contributed by atoms with E-state index in [0.29, 0.717) is 5.01 Å². The SMILES string of the molecule is COc1ccc(C)cc1S(=O)(=O)Nc1nnc(-c2cccs2)s1. The number of rotatable bonds is 5. The summed E-state index contributed by atoms with van der Waals surface area (Å²) >= 11 is 2.71. The van der Waals surface area contributed by atoms with Gasteiger partial charge in [0.15, 0.2) is 5.01 Å². The van der Waals surface area contributed by atoms with E-state index >= 15 is 0 Å². The molecule has 0 spiro atoms. The fourth-order valence-electron chi connectivity index (χ4n) is 1.93. The van der Waals surface area contributed by atoms with Crippen LogP contribution in [-0.2, 0) is 10.0 Å². The van der Waals surface area contributed by atoms with Gasteiger partial charge in [-0.25, -0.2) is 8.42 Å². The highest BCUT2D eigenvalue weighted by Crippen LogP contribution is 2.32. The molecule has 0 fully saturated rings. The van der Waals surface area contributed by atoms with Gasteiger partial charge in [0.2, 0.25) is 5.13 Å². The second-order valence-corrected chi connectivity index (χ2v) is 8.23. The molecule has 0 saturated carbocycles. The second-order valence-electron chi connectivity index (χ2n) is 4.65. The van der Waals surface area contributed by atoms with Crippen molar-refractivity contribution in [2.75, 3.05) is 11.8 Å². The number of aromatic nitrogens is 2. The standard InChI is InChI=1S/C14H13N3O3S3/c1-9-5-6-10(20-2)12(8-9)23(18,19)17-14-16-15-13(22-14)11-4-3-7-21-11/h3-8H,1-2H3,(H,16,17). The Labute approximate surface area is 141 Å². The van der Waals surface area contributed by atoms with E-state index < -0.39 is 10.0 Å². The lowest BCUT2D eigenvalue weighted by Crippen LogP contribution is -2.14. The van der Waals surface area contributed by atoms with Gasteiger partial charge in [-0.3, -0.25) is 4.72 Å². The number of ether oxygens (including phenoxy) is 1. The third kappa shape index (κ3) is 3.36. The molecule has 23 heavy (non-hydrogen) atoms. The molecule has 0 amide bonds. The topological polar surface area (TPSA) is 81.2 Å². The lowest BCUT2D eigenvalue weighted by molar-refractivity contribution is 0.402. The van der Waals surface area contributed by atoms with Crippen molar-refractivity contribution in [3.05, 3.63) is 41.3 Å². The Morgan fingerprint density at radius 1 is 1.22 bits per heavy atom. The van der Waals surface area contributed by atoms with Crippen molar-refractivity contribution in [1.82, 2.24) is 10.2 Å². The minimum Gasteiger partial charge on any atom is -0.495 e. The Hall–Kier alpha value is -1.97. The van der Waals surface area contributed by atoms with Crippen molar-refractivity contribution in [2.24, 2.45) is 0 Å². The van der Waals surface area contributed by atoms with Gasteiger partial charge in [-0.05, 0) is 36.1 Å². The monoisotopic (exact) mass is 367 g/mol. The molecule has 0 aliphatic carbocycles. The number of methoxy groups -OCH3 is 1. The molecule has 0 aliphatic rings. The van der Waals surface area contributed by atoms with Gasteiger partial charge < -0.3 is 4.74 Å². The van der Waals surface area contributed by atoms with Crippen LogP contribution in [0, 0.1) is 6.92 Å². The maximum atomic E-state index is 12.6. The molecule has 2 aromatic heterocycles. The Bertz CT molecular complexity index is 918. The summed E-state index contributed by atoms with van der Waals surface area (Å²) in [5.41, 5.74) is 0.822. The highest BCUT2D eigenvalue weighted by molar-refractivity contribution is 7.93. The van der Waals surface area contributed by atoms with E-state index in [1.54, 1.807) is 18.2 Å². The van der Waals surface area contributed by atoms with Gasteiger partial charge in [-0.1, -0.05) is 23.5 Å². The van der Waals surface area contributed by atoms with Gasteiger partial charge in [0.05, 0.1) is 12.0 Å². The molecule has 0 atom stereocenters. The summed E-state index contributed by atoms with van der Waals surface area (Å²) in [6, 6.07) is 8.79. The summed E-state index contributed by atoms with van der Waals surface area (Å²) in [4.78, 5) is 1.02. The Kier molecular flexibility index (Phi) is 4.33. The van der Waals surface area contributed by atoms with Crippen LogP contribution in [0.1, 0.15) is 5.56 Å². The number of nitrogens with one attached hydrogen (secondary N) is 1. The van der Waals surface area contributed by atoms with E-state index in [4.69, 9.17) is 4.74 Å². The highest BCUT2D eigenvalue weighted by Gasteiger charge is 2.22. The van der Waals surface area contributed by atoms with E-state index in [0.717, 1.165) is 10.4 Å². The zero-order chi connectivity index (χ0) is 16.4. The summed E-state index contributed by atoms with van der Waals surface area (Å²) in [5.74, 6) is 0.283. The van der Waals surface area contributed by atoms with Gasteiger partial charge in [0.1, 0.15) is 10.6 Å². The number of thiophene rings is 1. The number of aryl methyl sites for hydroxylation is 1. The molecule has 0 aliphatic heterocycles. The third-order valence-electron chi connectivity index (χ3n) is 2.99. The van der Waals surface area contributed by atoms with E-state index in [-0.39, 0.29) is 15.8 Å². The van der Waals surface area contributed by atoms with Crippen LogP contribution in [-0.4, -0.2) is 25.7 Å². The number of sulfonamides is 1. The molecule has 0 radical (unpaired) electrons. The molecule has 2 heterocycles. The second kappa shape index (κ2) is 6.26. The van der Waals surface area contributed by atoms with Crippen molar-refractivity contribution >= 4 is 37.8 Å². The number of hydrogen-bond donors (Lipinski definition) is 1. The lowest BCUT2D eigenvalue weighted by atomic mass is 10.2. The molecule has 0 saturated heterocycles. The molecular formula is C14H13N3O3S3. The van der Waals surface area contributed by atoms with Crippen LogP contribution in [0.5, 0.6) is 5.75 Å². The van der Waals surface area contributed by atoms with Crippen LogP contribution in [0.2, 0.25) is 0 Å². The number of anilines is 1. The van der Waals surface area contributed by atoms with Crippen LogP contribution < -0.4 is 9.46 Å². The van der Waals surface area contributed by atoms with Crippen LogP contribution in [0.4, 0.5) is 5.13 Å². The number of hydrogen-bond acceptors (Lipinski definition) is 7. The summed E-state index contributed by atoms with van der Waals surface area (Å²) in [6.07, 6.45) is 0. The lowest BCUT2D eigenvalue weighted by Gasteiger charge is -2.10. The van der Waals surface area contributed by atoms with Gasteiger partial charge >= 0.3 is 0 Å². The summed E-state index contributed by atoms with van der Waals surface area (Å²) in [5, 5.41) is 10.7. The van der Waals surface area contributed by atoms with Crippen LogP contribution in [0.3, 0.4) is 0 Å². The van der Waals surface area contributed by atoms with Crippen molar-refractivity contribution in [1.29, 1.82) is 0 Å². The summed E-state index contributed by atoms with van der Waals surface area (Å²) in [7, 11) is -2.36. The number of benzene rings is 1. The van der Waals surface area contributed by atoms with Crippen molar-refractivity contribution in [2.45, 2.75) is 11.8 Å². The smallest absolute Gasteiger partial charge is 0.267 e. The van der Waals surface area contributed by atoms with Crippen LogP contribution >= 0.6 is 22.7 Å². The normalized spacial score (nSPS) is 11.4. The summed E-state index contributed by atoms with van der Waals surface area (Å²) < 4.78 is 32.8. The van der Waals surface area contributed by atoms with E-state index in [1.165, 1.54) is 29.8 Å². The van der Waals surface area contributed by atoms with E-state index in [9.17, 15) is 8.42 Å². The first-order chi connectivity index (χ1) is 11.0. The Balaban J connectivity index is 1.91. The van der Waals surface area contributed by atoms with Crippen molar-refractivity contribution in [3.8, 4) is 15.6 Å². The molecule has 120 valence electrons. The van der Waals surface area contributed by atoms with Crippen molar-refractivity contribution in [3.63, 3.8) is 0 Å². The predicted octanol–water partition coefficient (Wildman–Crippen LogP) is 3.38. The number of nitrogens with zero attached hydrogens (tertiary/aromatic N) is 2. The van der Waals surface area contributed by atoms with Gasteiger partial charge in [-0.2, -0.15) is 0 Å². The molecule has 9 heteroatoms.